The van der Waals surface area contributed by atoms with Crippen LogP contribution in [0, 0.1) is 47.5 Å². The van der Waals surface area contributed by atoms with Crippen molar-refractivity contribution in [2.24, 2.45) is 0 Å². The van der Waals surface area contributed by atoms with Crippen molar-refractivity contribution in [3.05, 3.63) is 111 Å². The van der Waals surface area contributed by atoms with Gasteiger partial charge in [-0.05, 0) is 130 Å². The second kappa shape index (κ2) is 6.80. The van der Waals surface area contributed by atoms with Gasteiger partial charge in [0.2, 0.25) is 0 Å². The molecule has 0 heteroatoms. The van der Waals surface area contributed by atoms with Gasteiger partial charge in [0.15, 0.2) is 0 Å². The van der Waals surface area contributed by atoms with E-state index in [0.29, 0.717) is 0 Å². The molecule has 3 aromatic rings. The predicted molar refractivity (Wildman–Crippen MR) is 108 cm³/mol. The zero-order valence-electron chi connectivity index (χ0n) is 16.2. The average Bonchev–Trinajstić information content (AvgIpc) is 2.44. The molecule has 126 valence electrons. The van der Waals surface area contributed by atoms with E-state index in [4.69, 9.17) is 0 Å². The first-order valence-corrected chi connectivity index (χ1v) is 8.95. The van der Waals surface area contributed by atoms with Gasteiger partial charge in [0.05, 0.1) is 22.6 Å². The van der Waals surface area contributed by atoms with Crippen LogP contribution in [0.25, 0.3) is 0 Å². The molecule has 0 fully saturated rings. The standard InChI is InChI=1S/C25H27/c1-16-7-17(2)11-22(10-16)25(23-12-18(3)8-19(4)13-23)24-14-20(5)9-21(6)15-24/h7-15H,1-6H3/q+1. The maximum absolute atomic E-state index is 2.30. The van der Waals surface area contributed by atoms with Gasteiger partial charge in [-0.15, -0.1) is 0 Å². The molecule has 0 spiro atoms. The number of benzene rings is 3. The molecule has 3 rings (SSSR count). The van der Waals surface area contributed by atoms with Crippen molar-refractivity contribution in [1.82, 2.24) is 0 Å². The fourth-order valence-corrected chi connectivity index (χ4v) is 3.86. The van der Waals surface area contributed by atoms with Gasteiger partial charge in [-0.1, -0.05) is 0 Å². The van der Waals surface area contributed by atoms with Crippen LogP contribution in [-0.2, 0) is 0 Å². The Morgan fingerprint density at radius 1 is 0.360 bits per heavy atom. The summed E-state index contributed by atoms with van der Waals surface area (Å²) in [6.45, 7) is 13.1. The lowest BCUT2D eigenvalue weighted by atomic mass is 9.82. The highest BCUT2D eigenvalue weighted by molar-refractivity contribution is 5.60. The van der Waals surface area contributed by atoms with Crippen LogP contribution >= 0.6 is 0 Å². The Kier molecular flexibility index (Phi) is 4.72. The summed E-state index contributed by atoms with van der Waals surface area (Å²) in [4.78, 5) is 0. The van der Waals surface area contributed by atoms with E-state index in [2.05, 4.69) is 96.1 Å². The molecule has 0 bridgehead atoms. The molecule has 0 amide bonds. The SMILES string of the molecule is Cc1cc(C)cc([C+](c2cc(C)cc(C)c2)c2cc(C)cc(C)c2)c1. The van der Waals surface area contributed by atoms with E-state index in [-0.39, 0.29) is 0 Å². The summed E-state index contributed by atoms with van der Waals surface area (Å²) >= 11 is 0. The molecule has 0 heterocycles. The summed E-state index contributed by atoms with van der Waals surface area (Å²) in [7, 11) is 0. The highest BCUT2D eigenvalue weighted by Gasteiger charge is 2.24. The van der Waals surface area contributed by atoms with Crippen LogP contribution in [0.15, 0.2) is 54.6 Å². The van der Waals surface area contributed by atoms with Crippen LogP contribution in [0.1, 0.15) is 50.1 Å². The smallest absolute Gasteiger partial charge is 0.0452 e. The molecule has 3 aromatic carbocycles. The largest absolute Gasteiger partial charge is 0.0632 e. The summed E-state index contributed by atoms with van der Waals surface area (Å²) < 4.78 is 0. The third-order valence-electron chi connectivity index (χ3n) is 4.53. The van der Waals surface area contributed by atoms with E-state index >= 15 is 0 Å². The second-order valence-corrected chi connectivity index (χ2v) is 7.50. The monoisotopic (exact) mass is 327 g/mol. The lowest BCUT2D eigenvalue weighted by molar-refractivity contribution is 1.17. The Labute approximate surface area is 152 Å². The van der Waals surface area contributed by atoms with E-state index < -0.39 is 0 Å². The van der Waals surface area contributed by atoms with Crippen molar-refractivity contribution in [2.75, 3.05) is 0 Å². The molecule has 0 atom stereocenters. The van der Waals surface area contributed by atoms with Crippen LogP contribution in [-0.4, -0.2) is 0 Å². The normalized spacial score (nSPS) is 10.8. The molecule has 0 aliphatic carbocycles. The Balaban J connectivity index is 2.27. The molecule has 0 saturated heterocycles. The maximum Gasteiger partial charge on any atom is 0.0632 e. The summed E-state index contributed by atoms with van der Waals surface area (Å²) in [6.07, 6.45) is 0. The summed E-state index contributed by atoms with van der Waals surface area (Å²) in [5.74, 6) is 1.32. The van der Waals surface area contributed by atoms with Gasteiger partial charge in [0.25, 0.3) is 0 Å². The fraction of sp³-hybridized carbons (Fsp3) is 0.240. The second-order valence-electron chi connectivity index (χ2n) is 7.50. The van der Waals surface area contributed by atoms with Crippen LogP contribution in [0.3, 0.4) is 0 Å². The topological polar surface area (TPSA) is 0 Å². The molecule has 0 nitrogen and oxygen atoms in total. The number of aryl methyl sites for hydroxylation is 6. The highest BCUT2D eigenvalue weighted by Crippen LogP contribution is 2.34. The van der Waals surface area contributed by atoms with Gasteiger partial charge in [0.1, 0.15) is 0 Å². The van der Waals surface area contributed by atoms with Crippen molar-refractivity contribution in [1.29, 1.82) is 0 Å². The first-order chi connectivity index (χ1) is 11.8. The minimum atomic E-state index is 1.30. The van der Waals surface area contributed by atoms with Crippen LogP contribution in [0.5, 0.6) is 0 Å². The van der Waals surface area contributed by atoms with Gasteiger partial charge >= 0.3 is 0 Å². The lowest BCUT2D eigenvalue weighted by Gasteiger charge is -2.17. The highest BCUT2D eigenvalue weighted by atomic mass is 14.2. The quantitative estimate of drug-likeness (QED) is 0.377. The van der Waals surface area contributed by atoms with Gasteiger partial charge < -0.3 is 0 Å². The van der Waals surface area contributed by atoms with E-state index in [9.17, 15) is 0 Å². The van der Waals surface area contributed by atoms with E-state index in [1.54, 1.807) is 0 Å². The first-order valence-electron chi connectivity index (χ1n) is 8.95. The van der Waals surface area contributed by atoms with E-state index in [1.165, 1.54) is 56.0 Å². The van der Waals surface area contributed by atoms with Crippen molar-refractivity contribution < 1.29 is 0 Å². The van der Waals surface area contributed by atoms with Crippen LogP contribution in [0.2, 0.25) is 0 Å². The van der Waals surface area contributed by atoms with Crippen molar-refractivity contribution >= 4 is 0 Å². The summed E-state index contributed by atoms with van der Waals surface area (Å²) in [5, 5.41) is 0. The third kappa shape index (κ3) is 3.96. The van der Waals surface area contributed by atoms with Gasteiger partial charge in [-0.2, -0.15) is 0 Å². The maximum atomic E-state index is 2.30. The molecule has 0 aliphatic rings. The van der Waals surface area contributed by atoms with Crippen LogP contribution < -0.4 is 0 Å². The first kappa shape index (κ1) is 17.4. The predicted octanol–water partition coefficient (Wildman–Crippen LogP) is 6.56. The molecule has 25 heavy (non-hydrogen) atoms. The third-order valence-corrected chi connectivity index (χ3v) is 4.53. The minimum Gasteiger partial charge on any atom is -0.0452 e. The van der Waals surface area contributed by atoms with E-state index in [0.717, 1.165) is 0 Å². The number of rotatable bonds is 3. The molecule has 0 aliphatic heterocycles. The van der Waals surface area contributed by atoms with Crippen molar-refractivity contribution in [3.8, 4) is 0 Å². The summed E-state index contributed by atoms with van der Waals surface area (Å²) in [6, 6.07) is 20.5. The van der Waals surface area contributed by atoms with Crippen molar-refractivity contribution in [3.63, 3.8) is 0 Å². The number of hydrogen-bond acceptors (Lipinski definition) is 0. The molecule has 0 aromatic heterocycles. The zero-order valence-corrected chi connectivity index (χ0v) is 16.2. The zero-order chi connectivity index (χ0) is 18.1. The lowest BCUT2D eigenvalue weighted by Crippen LogP contribution is -2.07. The van der Waals surface area contributed by atoms with Gasteiger partial charge in [-0.25, -0.2) is 0 Å². The fourth-order valence-electron chi connectivity index (χ4n) is 3.86. The molecule has 0 radical (unpaired) electrons. The number of hydrogen-bond donors (Lipinski definition) is 0. The molecule has 0 N–H and O–H groups in total. The average molecular weight is 327 g/mol. The minimum absolute atomic E-state index is 1.30. The Bertz CT molecular complexity index is 732. The molecular formula is C25H27+. The molecule has 0 unspecified atom stereocenters. The van der Waals surface area contributed by atoms with Crippen LogP contribution in [0.4, 0.5) is 0 Å². The molecule has 0 saturated carbocycles. The Morgan fingerprint density at radius 2 is 0.560 bits per heavy atom. The Hall–Kier alpha value is -2.47. The van der Waals surface area contributed by atoms with Crippen molar-refractivity contribution in [2.45, 2.75) is 41.5 Å². The summed E-state index contributed by atoms with van der Waals surface area (Å²) in [5.41, 5.74) is 11.7. The van der Waals surface area contributed by atoms with Gasteiger partial charge in [-0.3, -0.25) is 0 Å². The van der Waals surface area contributed by atoms with Gasteiger partial charge in [0, 0.05) is 0 Å². The Morgan fingerprint density at radius 3 is 0.760 bits per heavy atom. The molecular weight excluding hydrogens is 300 g/mol. The van der Waals surface area contributed by atoms with E-state index in [1.807, 2.05) is 0 Å².